The molecule has 3 heterocycles. The minimum Gasteiger partial charge on any atom is -0.360 e. The van der Waals surface area contributed by atoms with Crippen molar-refractivity contribution in [2.24, 2.45) is 0 Å². The summed E-state index contributed by atoms with van der Waals surface area (Å²) in [6.45, 7) is 1.19. The summed E-state index contributed by atoms with van der Waals surface area (Å²) >= 11 is 0. The molecule has 0 bridgehead atoms. The van der Waals surface area contributed by atoms with Gasteiger partial charge in [-0.15, -0.1) is 0 Å². The van der Waals surface area contributed by atoms with E-state index in [0.29, 0.717) is 18.8 Å². The minimum absolute atomic E-state index is 0.0264. The lowest BCUT2D eigenvalue weighted by Crippen LogP contribution is -2.56. The lowest BCUT2D eigenvalue weighted by Gasteiger charge is -2.35. The van der Waals surface area contributed by atoms with Gasteiger partial charge in [-0.1, -0.05) is 5.16 Å². The fourth-order valence-electron chi connectivity index (χ4n) is 2.51. The highest BCUT2D eigenvalue weighted by atomic mass is 16.5. The van der Waals surface area contributed by atoms with Crippen LogP contribution in [-0.2, 0) is 16.1 Å². The molecule has 1 aromatic heterocycles. The minimum atomic E-state index is -0.251. The van der Waals surface area contributed by atoms with Gasteiger partial charge in [0.05, 0.1) is 12.7 Å². The molecular weight excluding hydrogens is 222 g/mol. The zero-order chi connectivity index (χ0) is 11.8. The normalized spacial score (nSPS) is 24.4. The molecule has 2 aliphatic heterocycles. The molecule has 1 atom stereocenters. The highest BCUT2D eigenvalue weighted by Gasteiger charge is 2.41. The Balaban J connectivity index is 1.77. The van der Waals surface area contributed by atoms with Gasteiger partial charge in [-0.25, -0.2) is 0 Å². The topological polar surface area (TPSA) is 66.7 Å². The van der Waals surface area contributed by atoms with Crippen LogP contribution in [0.2, 0.25) is 0 Å². The first-order valence-corrected chi connectivity index (χ1v) is 5.73. The number of fused-ring (bicyclic) bond motifs is 1. The second kappa shape index (κ2) is 3.87. The van der Waals surface area contributed by atoms with Gasteiger partial charge < -0.3 is 14.3 Å². The highest BCUT2D eigenvalue weighted by Crippen LogP contribution is 2.24. The second-order valence-electron chi connectivity index (χ2n) is 4.42. The monoisotopic (exact) mass is 235 g/mol. The van der Waals surface area contributed by atoms with Gasteiger partial charge in [0.1, 0.15) is 12.6 Å². The van der Waals surface area contributed by atoms with Crippen LogP contribution < -0.4 is 0 Å². The Hall–Kier alpha value is -1.85. The molecule has 0 N–H and O–H groups in total. The lowest BCUT2D eigenvalue weighted by atomic mass is 10.1. The summed E-state index contributed by atoms with van der Waals surface area (Å²) in [6, 6.07) is 1.46. The molecule has 0 saturated carbocycles. The van der Waals surface area contributed by atoms with E-state index in [2.05, 4.69) is 5.16 Å². The van der Waals surface area contributed by atoms with Crippen molar-refractivity contribution in [1.82, 2.24) is 15.0 Å². The molecule has 2 aliphatic rings. The summed E-state index contributed by atoms with van der Waals surface area (Å²) in [5.74, 6) is 0.669. The maximum Gasteiger partial charge on any atom is 0.246 e. The van der Waals surface area contributed by atoms with Crippen LogP contribution >= 0.6 is 0 Å². The molecule has 2 amide bonds. The van der Waals surface area contributed by atoms with Crippen LogP contribution in [0.1, 0.15) is 18.6 Å². The number of carbonyl (C=O) groups is 2. The van der Waals surface area contributed by atoms with Crippen LogP contribution in [0.25, 0.3) is 0 Å². The Morgan fingerprint density at radius 3 is 3.12 bits per heavy atom. The van der Waals surface area contributed by atoms with Crippen molar-refractivity contribution in [1.29, 1.82) is 0 Å². The van der Waals surface area contributed by atoms with Crippen LogP contribution in [0, 0.1) is 0 Å². The third kappa shape index (κ3) is 1.69. The summed E-state index contributed by atoms with van der Waals surface area (Å²) < 4.78 is 4.96. The number of nitrogens with zero attached hydrogens (tertiary/aromatic N) is 3. The Kier molecular flexibility index (Phi) is 2.35. The lowest BCUT2D eigenvalue weighted by molar-refractivity contribution is -0.154. The summed E-state index contributed by atoms with van der Waals surface area (Å²) in [5.41, 5.74) is 0. The zero-order valence-electron chi connectivity index (χ0n) is 9.33. The number of piperazine rings is 1. The predicted molar refractivity (Wildman–Crippen MR) is 56.7 cm³/mol. The molecule has 0 radical (unpaired) electrons. The van der Waals surface area contributed by atoms with Crippen molar-refractivity contribution >= 4 is 11.8 Å². The van der Waals surface area contributed by atoms with Crippen molar-refractivity contribution in [3.05, 3.63) is 18.0 Å². The second-order valence-corrected chi connectivity index (χ2v) is 4.42. The maximum atomic E-state index is 12.1. The molecule has 90 valence electrons. The molecule has 0 aliphatic carbocycles. The number of aromatic nitrogens is 1. The molecular formula is C11H13N3O3. The Morgan fingerprint density at radius 1 is 1.47 bits per heavy atom. The Bertz CT molecular complexity index is 443. The average molecular weight is 235 g/mol. The largest absolute Gasteiger partial charge is 0.360 e. The molecule has 1 aromatic rings. The molecule has 0 spiro atoms. The molecule has 6 nitrogen and oxygen atoms in total. The summed E-state index contributed by atoms with van der Waals surface area (Å²) in [6.07, 6.45) is 3.23. The first kappa shape index (κ1) is 10.3. The third-order valence-corrected chi connectivity index (χ3v) is 3.33. The van der Waals surface area contributed by atoms with Crippen molar-refractivity contribution in [2.45, 2.75) is 25.4 Å². The Morgan fingerprint density at radius 2 is 2.35 bits per heavy atom. The molecule has 6 heteroatoms. The summed E-state index contributed by atoms with van der Waals surface area (Å²) in [4.78, 5) is 27.2. The van der Waals surface area contributed by atoms with E-state index in [-0.39, 0.29) is 24.4 Å². The number of carbonyl (C=O) groups excluding carboxylic acids is 2. The standard InChI is InChI=1S/C11H13N3O3/c15-10-7-13(6-8-3-4-12-17-8)11(16)9-2-1-5-14(9)10/h3-4,9H,1-2,5-7H2. The van der Waals surface area contributed by atoms with Crippen molar-refractivity contribution in [3.8, 4) is 0 Å². The first-order valence-electron chi connectivity index (χ1n) is 5.73. The smallest absolute Gasteiger partial charge is 0.246 e. The van der Waals surface area contributed by atoms with E-state index in [4.69, 9.17) is 4.52 Å². The van der Waals surface area contributed by atoms with E-state index in [1.54, 1.807) is 15.9 Å². The van der Waals surface area contributed by atoms with E-state index in [1.807, 2.05) is 0 Å². The van der Waals surface area contributed by atoms with Gasteiger partial charge in [0.2, 0.25) is 11.8 Å². The molecule has 3 rings (SSSR count). The highest BCUT2D eigenvalue weighted by molar-refractivity contribution is 5.95. The Labute approximate surface area is 98.1 Å². The SMILES string of the molecule is O=C1C2CCCN2C(=O)CN1Cc1ccno1. The molecule has 0 aromatic carbocycles. The van der Waals surface area contributed by atoms with Gasteiger partial charge in [-0.2, -0.15) is 0 Å². The summed E-state index contributed by atoms with van der Waals surface area (Å²) in [5, 5.41) is 3.59. The fraction of sp³-hybridized carbons (Fsp3) is 0.545. The zero-order valence-corrected chi connectivity index (χ0v) is 9.33. The van der Waals surface area contributed by atoms with E-state index in [9.17, 15) is 9.59 Å². The van der Waals surface area contributed by atoms with Gasteiger partial charge in [0, 0.05) is 12.6 Å². The number of rotatable bonds is 2. The first-order chi connectivity index (χ1) is 8.25. The van der Waals surface area contributed by atoms with Crippen molar-refractivity contribution in [2.75, 3.05) is 13.1 Å². The third-order valence-electron chi connectivity index (χ3n) is 3.33. The predicted octanol–water partition coefficient (Wildman–Crippen LogP) is 0.00780. The maximum absolute atomic E-state index is 12.1. The molecule has 17 heavy (non-hydrogen) atoms. The quantitative estimate of drug-likeness (QED) is 0.724. The van der Waals surface area contributed by atoms with Crippen LogP contribution in [0.4, 0.5) is 0 Å². The summed E-state index contributed by atoms with van der Waals surface area (Å²) in [7, 11) is 0. The fourth-order valence-corrected chi connectivity index (χ4v) is 2.51. The number of hydrogen-bond donors (Lipinski definition) is 0. The van der Waals surface area contributed by atoms with Crippen molar-refractivity contribution in [3.63, 3.8) is 0 Å². The van der Waals surface area contributed by atoms with E-state index in [0.717, 1.165) is 12.8 Å². The number of hydrogen-bond acceptors (Lipinski definition) is 4. The number of amides is 2. The van der Waals surface area contributed by atoms with E-state index in [1.165, 1.54) is 6.20 Å². The average Bonchev–Trinajstić information content (AvgIpc) is 2.96. The van der Waals surface area contributed by atoms with Crippen LogP contribution in [-0.4, -0.2) is 45.9 Å². The van der Waals surface area contributed by atoms with Gasteiger partial charge in [-0.05, 0) is 12.8 Å². The van der Waals surface area contributed by atoms with E-state index >= 15 is 0 Å². The molecule has 1 unspecified atom stereocenters. The molecule has 2 fully saturated rings. The van der Waals surface area contributed by atoms with Gasteiger partial charge in [0.15, 0.2) is 5.76 Å². The molecule has 2 saturated heterocycles. The van der Waals surface area contributed by atoms with Gasteiger partial charge in [-0.3, -0.25) is 9.59 Å². The van der Waals surface area contributed by atoms with Gasteiger partial charge >= 0.3 is 0 Å². The van der Waals surface area contributed by atoms with Crippen LogP contribution in [0.3, 0.4) is 0 Å². The van der Waals surface area contributed by atoms with Gasteiger partial charge in [0.25, 0.3) is 0 Å². The van der Waals surface area contributed by atoms with Crippen LogP contribution in [0.5, 0.6) is 0 Å². The van der Waals surface area contributed by atoms with E-state index < -0.39 is 0 Å². The van der Waals surface area contributed by atoms with Crippen molar-refractivity contribution < 1.29 is 14.1 Å². The van der Waals surface area contributed by atoms with Crippen LogP contribution in [0.15, 0.2) is 16.8 Å².